The number of hydrogen-bond acceptors (Lipinski definition) is 22. The van der Waals surface area contributed by atoms with E-state index in [1.807, 2.05) is 0 Å². The van der Waals surface area contributed by atoms with Gasteiger partial charge in [-0.25, -0.2) is 19.2 Å². The molecule has 4 atom stereocenters. The average molecular weight is 947 g/mol. The van der Waals surface area contributed by atoms with Crippen LogP contribution in [0.1, 0.15) is 116 Å². The van der Waals surface area contributed by atoms with Crippen molar-refractivity contribution >= 4 is 41.7 Å². The lowest BCUT2D eigenvalue weighted by molar-refractivity contribution is -0.764. The van der Waals surface area contributed by atoms with Crippen LogP contribution in [0.15, 0.2) is 24.3 Å². The smallest absolute Gasteiger partial charge is 0.352 e. The van der Waals surface area contributed by atoms with Crippen molar-refractivity contribution in [3.63, 3.8) is 0 Å². The van der Waals surface area contributed by atoms with E-state index < -0.39 is 75.4 Å². The molecule has 1 N–H and O–H groups in total. The first kappa shape index (κ1) is 57.1. The topological polar surface area (TPSA) is 344 Å². The standard InChI is InChI=1S/C40H58N4O22/c1-28(37(48)60-24-11-6-9-17-35(46)58-22-10-5-8-16-36(47)59-23-13-14-26-62-43(54)55)64-40(51)33(41-34(45)15-7-4-12-25-61-42(52)53)27-31-18-20-32(21-19-31)65-38(49)29(2)63-39(50)30(3)66-44(56)57/h18-21,28-30,33H,4-17,22-27H2,1-3H3,(H,41,45). The monoisotopic (exact) mass is 946 g/mol. The number of carbonyl (C=O) groups is 7. The molecule has 0 aliphatic heterocycles. The second kappa shape index (κ2) is 33.6. The Bertz CT molecular complexity index is 1730. The van der Waals surface area contributed by atoms with Crippen molar-refractivity contribution in [1.29, 1.82) is 0 Å². The van der Waals surface area contributed by atoms with Crippen LogP contribution in [-0.2, 0) is 78.2 Å². The fourth-order valence-electron chi connectivity index (χ4n) is 5.33. The van der Waals surface area contributed by atoms with Gasteiger partial charge in [0.25, 0.3) is 15.3 Å². The molecule has 1 rings (SSSR count). The molecule has 1 amide bonds. The van der Waals surface area contributed by atoms with E-state index in [4.69, 9.17) is 28.4 Å². The number of hydrogen-bond donors (Lipinski definition) is 1. The molecule has 0 radical (unpaired) electrons. The minimum absolute atomic E-state index is 0.0000572. The summed E-state index contributed by atoms with van der Waals surface area (Å²) in [5.41, 5.74) is 0.448. The number of carbonyl (C=O) groups excluding carboxylic acids is 7. The molecule has 0 heterocycles. The molecule has 26 heteroatoms. The summed E-state index contributed by atoms with van der Waals surface area (Å²) < 4.78 is 30.9. The van der Waals surface area contributed by atoms with Gasteiger partial charge in [-0.05, 0) is 103 Å². The number of amides is 1. The SMILES string of the molecule is CC(OC(=O)C(Cc1ccc(OC(=O)C(C)OC(=O)C(C)O[N+](=O)[O-])cc1)NC(=O)CCCCCO[N+](=O)[O-])C(=O)OCCCCCC(=O)OCCCCCC(=O)OCCCCO[N+](=O)[O-]. The summed E-state index contributed by atoms with van der Waals surface area (Å²) in [6, 6.07) is 4.32. The Hall–Kier alpha value is -6.89. The Balaban J connectivity index is 2.55. The number of benzene rings is 1. The molecule has 0 aliphatic rings. The molecule has 26 nitrogen and oxygen atoms in total. The van der Waals surface area contributed by atoms with Crippen molar-refractivity contribution in [2.75, 3.05) is 33.0 Å². The van der Waals surface area contributed by atoms with Gasteiger partial charge in [-0.3, -0.25) is 19.2 Å². The lowest BCUT2D eigenvalue weighted by Gasteiger charge is -2.20. The first-order valence-electron chi connectivity index (χ1n) is 21.2. The molecular weight excluding hydrogens is 888 g/mol. The minimum Gasteiger partial charge on any atom is -0.466 e. The van der Waals surface area contributed by atoms with Crippen molar-refractivity contribution in [2.24, 2.45) is 0 Å². The van der Waals surface area contributed by atoms with Gasteiger partial charge in [0.15, 0.2) is 12.2 Å². The largest absolute Gasteiger partial charge is 0.466 e. The van der Waals surface area contributed by atoms with Crippen LogP contribution in [0.5, 0.6) is 5.75 Å². The number of unbranched alkanes of at least 4 members (excludes halogenated alkanes) is 7. The highest BCUT2D eigenvalue weighted by Crippen LogP contribution is 2.17. The zero-order chi connectivity index (χ0) is 49.3. The van der Waals surface area contributed by atoms with Crippen LogP contribution >= 0.6 is 0 Å². The molecule has 1 aromatic rings. The van der Waals surface area contributed by atoms with Crippen LogP contribution in [0.2, 0.25) is 0 Å². The van der Waals surface area contributed by atoms with Gasteiger partial charge >= 0.3 is 35.8 Å². The second-order valence-corrected chi connectivity index (χ2v) is 14.4. The predicted octanol–water partition coefficient (Wildman–Crippen LogP) is 3.59. The molecule has 4 unspecified atom stereocenters. The van der Waals surface area contributed by atoms with Crippen molar-refractivity contribution in [2.45, 2.75) is 141 Å². The lowest BCUT2D eigenvalue weighted by Crippen LogP contribution is -2.45. The Labute approximate surface area is 378 Å². The van der Waals surface area contributed by atoms with E-state index in [-0.39, 0.29) is 70.4 Å². The fourth-order valence-corrected chi connectivity index (χ4v) is 5.33. The zero-order valence-electron chi connectivity index (χ0n) is 37.1. The molecule has 66 heavy (non-hydrogen) atoms. The van der Waals surface area contributed by atoms with E-state index >= 15 is 0 Å². The Morgan fingerprint density at radius 1 is 0.515 bits per heavy atom. The van der Waals surface area contributed by atoms with Crippen molar-refractivity contribution < 1.29 is 91.8 Å². The summed E-state index contributed by atoms with van der Waals surface area (Å²) >= 11 is 0. The lowest BCUT2D eigenvalue weighted by atomic mass is 10.0. The maximum Gasteiger partial charge on any atom is 0.352 e. The zero-order valence-corrected chi connectivity index (χ0v) is 37.1. The molecule has 0 aliphatic carbocycles. The highest BCUT2D eigenvalue weighted by molar-refractivity contribution is 5.86. The molecule has 0 saturated carbocycles. The van der Waals surface area contributed by atoms with E-state index in [9.17, 15) is 63.9 Å². The van der Waals surface area contributed by atoms with Crippen LogP contribution in [0, 0.1) is 30.3 Å². The first-order valence-corrected chi connectivity index (χ1v) is 21.2. The van der Waals surface area contributed by atoms with Gasteiger partial charge in [0, 0.05) is 25.7 Å². The molecule has 0 bridgehead atoms. The van der Waals surface area contributed by atoms with E-state index in [1.165, 1.54) is 38.1 Å². The fraction of sp³-hybridized carbons (Fsp3) is 0.675. The van der Waals surface area contributed by atoms with Gasteiger partial charge in [-0.15, -0.1) is 30.3 Å². The summed E-state index contributed by atoms with van der Waals surface area (Å²) in [5.74, 6) is -5.35. The third-order valence-electron chi connectivity index (χ3n) is 8.83. The van der Waals surface area contributed by atoms with E-state index in [2.05, 4.69) is 19.8 Å². The highest BCUT2D eigenvalue weighted by atomic mass is 17.0. The van der Waals surface area contributed by atoms with Crippen molar-refractivity contribution in [3.8, 4) is 5.75 Å². The Morgan fingerprint density at radius 3 is 1.50 bits per heavy atom. The van der Waals surface area contributed by atoms with E-state index in [1.54, 1.807) is 0 Å². The number of esters is 6. The maximum atomic E-state index is 13.3. The quantitative estimate of drug-likeness (QED) is 0.0249. The van der Waals surface area contributed by atoms with Crippen LogP contribution in [0.4, 0.5) is 0 Å². The average Bonchev–Trinajstić information content (AvgIpc) is 3.25. The van der Waals surface area contributed by atoms with Gasteiger partial charge in [-0.2, -0.15) is 0 Å². The molecule has 0 aromatic heterocycles. The third kappa shape index (κ3) is 28.7. The van der Waals surface area contributed by atoms with Gasteiger partial charge in [-0.1, -0.05) is 18.6 Å². The van der Waals surface area contributed by atoms with Crippen LogP contribution < -0.4 is 10.1 Å². The van der Waals surface area contributed by atoms with E-state index in [0.29, 0.717) is 76.2 Å². The van der Waals surface area contributed by atoms with Crippen molar-refractivity contribution in [1.82, 2.24) is 5.32 Å². The number of nitrogens with zero attached hydrogens (tertiary/aromatic N) is 3. The molecule has 1 aromatic carbocycles. The Kier molecular flexibility index (Phi) is 29.1. The summed E-state index contributed by atoms with van der Waals surface area (Å²) in [5, 5.41) is 30.4. The van der Waals surface area contributed by atoms with Gasteiger partial charge < -0.3 is 43.4 Å². The highest BCUT2D eigenvalue weighted by Gasteiger charge is 2.29. The normalized spacial score (nSPS) is 12.4. The molecule has 0 saturated heterocycles. The second-order valence-electron chi connectivity index (χ2n) is 14.4. The van der Waals surface area contributed by atoms with Crippen LogP contribution in [-0.4, -0.2) is 114 Å². The van der Waals surface area contributed by atoms with E-state index in [0.717, 1.165) is 6.92 Å². The number of nitrogens with one attached hydrogen (secondary N) is 1. The summed E-state index contributed by atoms with van der Waals surface area (Å²) in [6.07, 6.45) is 0.669. The summed E-state index contributed by atoms with van der Waals surface area (Å²) in [4.78, 5) is 130. The van der Waals surface area contributed by atoms with Crippen LogP contribution in [0.3, 0.4) is 0 Å². The Morgan fingerprint density at radius 2 is 0.970 bits per heavy atom. The molecule has 0 fully saturated rings. The predicted molar refractivity (Wildman–Crippen MR) is 220 cm³/mol. The van der Waals surface area contributed by atoms with Crippen LogP contribution in [0.25, 0.3) is 0 Å². The third-order valence-corrected chi connectivity index (χ3v) is 8.83. The minimum atomic E-state index is -1.59. The van der Waals surface area contributed by atoms with Gasteiger partial charge in [0.2, 0.25) is 12.0 Å². The van der Waals surface area contributed by atoms with Gasteiger partial charge in [0.05, 0.1) is 33.0 Å². The molecule has 0 spiro atoms. The first-order chi connectivity index (χ1) is 31.4. The summed E-state index contributed by atoms with van der Waals surface area (Å²) in [7, 11) is 0. The summed E-state index contributed by atoms with van der Waals surface area (Å²) in [6.45, 7) is 3.61. The number of rotatable bonds is 37. The van der Waals surface area contributed by atoms with Crippen molar-refractivity contribution in [3.05, 3.63) is 60.2 Å². The van der Waals surface area contributed by atoms with Gasteiger partial charge in [0.1, 0.15) is 11.8 Å². The molecular formula is C40H58N4O22. The number of ether oxygens (including phenoxy) is 6. The maximum absolute atomic E-state index is 13.3. The molecule has 370 valence electrons.